The summed E-state index contributed by atoms with van der Waals surface area (Å²) in [5, 5.41) is 12.5. The van der Waals surface area contributed by atoms with E-state index in [1.807, 2.05) is 66.7 Å². The van der Waals surface area contributed by atoms with Gasteiger partial charge in [0.2, 0.25) is 10.0 Å². The van der Waals surface area contributed by atoms with Gasteiger partial charge in [-0.2, -0.15) is 9.57 Å². The van der Waals surface area contributed by atoms with E-state index in [0.29, 0.717) is 29.5 Å². The van der Waals surface area contributed by atoms with Crippen molar-refractivity contribution in [2.45, 2.75) is 22.9 Å². The third-order valence-corrected chi connectivity index (χ3v) is 9.18. The lowest BCUT2D eigenvalue weighted by Gasteiger charge is -2.54. The van der Waals surface area contributed by atoms with Crippen molar-refractivity contribution >= 4 is 10.0 Å². The zero-order valence-electron chi connectivity index (χ0n) is 19.6. The van der Waals surface area contributed by atoms with E-state index < -0.39 is 10.0 Å². The average Bonchev–Trinajstić information content (AvgIpc) is 2.94. The number of fused-ring (bicyclic) bond motifs is 2. The number of rotatable bonds is 5. The molecule has 178 valence electrons. The lowest BCUT2D eigenvalue weighted by atomic mass is 9.75. The van der Waals surface area contributed by atoms with Crippen LogP contribution in [0.2, 0.25) is 0 Å². The van der Waals surface area contributed by atoms with Crippen LogP contribution in [0.25, 0.3) is 22.3 Å². The lowest BCUT2D eigenvalue weighted by Crippen LogP contribution is -2.72. The summed E-state index contributed by atoms with van der Waals surface area (Å²) in [6, 6.07) is 35.6. The first-order chi connectivity index (χ1) is 17.5. The Hall–Kier alpha value is -3.76. The van der Waals surface area contributed by atoms with Crippen LogP contribution in [0.15, 0.2) is 108 Å². The van der Waals surface area contributed by atoms with E-state index in [0.717, 1.165) is 22.3 Å². The molecule has 0 aromatic heterocycles. The standard InChI is InChI=1S/C30H25N3O2S/c31-18-21-6-8-23(9-7-21)24-10-12-26(13-11-24)30-28-19-33(20-29(30)32-28)36(34,35)27-16-14-25(15-17-27)22-4-2-1-3-5-22/h1-17,28-30,32H,19-20H2/t28-,29+,30?. The number of piperidine rings is 1. The van der Waals surface area contributed by atoms with Gasteiger partial charge in [0.25, 0.3) is 0 Å². The highest BCUT2D eigenvalue weighted by Gasteiger charge is 2.49. The van der Waals surface area contributed by atoms with Crippen LogP contribution in [0.1, 0.15) is 17.0 Å². The van der Waals surface area contributed by atoms with Gasteiger partial charge < -0.3 is 5.32 Å². The Balaban J connectivity index is 1.15. The summed E-state index contributed by atoms with van der Waals surface area (Å²) in [5.41, 5.74) is 6.12. The van der Waals surface area contributed by atoms with Gasteiger partial charge in [-0.15, -0.1) is 0 Å². The van der Waals surface area contributed by atoms with E-state index in [4.69, 9.17) is 5.26 Å². The molecule has 0 aliphatic carbocycles. The maximum Gasteiger partial charge on any atom is 0.243 e. The highest BCUT2D eigenvalue weighted by atomic mass is 32.2. The zero-order chi connectivity index (χ0) is 24.7. The fourth-order valence-electron chi connectivity index (χ4n) is 5.38. The van der Waals surface area contributed by atoms with Crippen molar-refractivity contribution in [3.8, 4) is 28.3 Å². The highest BCUT2D eigenvalue weighted by molar-refractivity contribution is 7.89. The van der Waals surface area contributed by atoms with Crippen LogP contribution in [0.5, 0.6) is 0 Å². The molecular weight excluding hydrogens is 466 g/mol. The fourth-order valence-corrected chi connectivity index (χ4v) is 6.88. The van der Waals surface area contributed by atoms with Crippen molar-refractivity contribution in [3.63, 3.8) is 0 Å². The molecule has 1 unspecified atom stereocenters. The second-order valence-corrected chi connectivity index (χ2v) is 11.4. The van der Waals surface area contributed by atoms with E-state index in [1.54, 1.807) is 16.4 Å². The van der Waals surface area contributed by atoms with Crippen LogP contribution in [0, 0.1) is 11.3 Å². The van der Waals surface area contributed by atoms with Gasteiger partial charge in [0.15, 0.2) is 0 Å². The quantitative estimate of drug-likeness (QED) is 0.425. The minimum atomic E-state index is -3.55. The smallest absolute Gasteiger partial charge is 0.243 e. The molecule has 7 rings (SSSR count). The number of piperazine rings is 1. The Morgan fingerprint density at radius 2 is 1.19 bits per heavy atom. The Morgan fingerprint density at radius 3 is 1.75 bits per heavy atom. The third kappa shape index (κ3) is 4.02. The van der Waals surface area contributed by atoms with Crippen molar-refractivity contribution in [1.29, 1.82) is 5.26 Å². The summed E-state index contributed by atoms with van der Waals surface area (Å²) in [6.07, 6.45) is 0. The number of nitrogens with zero attached hydrogens (tertiary/aromatic N) is 2. The summed E-state index contributed by atoms with van der Waals surface area (Å²) in [4.78, 5) is 0.340. The molecule has 1 N–H and O–H groups in total. The van der Waals surface area contributed by atoms with Gasteiger partial charge in [0.1, 0.15) is 0 Å². The van der Waals surface area contributed by atoms with E-state index in [9.17, 15) is 8.42 Å². The van der Waals surface area contributed by atoms with E-state index in [1.165, 1.54) is 5.56 Å². The number of sulfonamides is 1. The molecule has 3 fully saturated rings. The van der Waals surface area contributed by atoms with Gasteiger partial charge in [0.05, 0.1) is 16.5 Å². The van der Waals surface area contributed by atoms with Crippen LogP contribution < -0.4 is 5.32 Å². The number of hydrogen-bond acceptors (Lipinski definition) is 4. The zero-order valence-corrected chi connectivity index (χ0v) is 20.4. The first-order valence-corrected chi connectivity index (χ1v) is 13.5. The number of nitriles is 1. The number of hydrogen-bond donors (Lipinski definition) is 1. The molecule has 36 heavy (non-hydrogen) atoms. The fraction of sp³-hybridized carbons (Fsp3) is 0.167. The Kier molecular flexibility index (Phi) is 5.69. The summed E-state index contributed by atoms with van der Waals surface area (Å²) >= 11 is 0. The van der Waals surface area contributed by atoms with Gasteiger partial charge in [-0.05, 0) is 52.1 Å². The lowest BCUT2D eigenvalue weighted by molar-refractivity contribution is 0.102. The Morgan fingerprint density at radius 1 is 0.694 bits per heavy atom. The normalized spacial score (nSPS) is 21.4. The van der Waals surface area contributed by atoms with Gasteiger partial charge in [0, 0.05) is 31.1 Å². The van der Waals surface area contributed by atoms with Crippen LogP contribution >= 0.6 is 0 Å². The Labute approximate surface area is 211 Å². The van der Waals surface area contributed by atoms with Crippen molar-refractivity contribution < 1.29 is 8.42 Å². The highest BCUT2D eigenvalue weighted by Crippen LogP contribution is 2.39. The molecule has 0 amide bonds. The van der Waals surface area contributed by atoms with Crippen molar-refractivity contribution in [2.75, 3.05) is 13.1 Å². The van der Waals surface area contributed by atoms with Crippen LogP contribution in [0.4, 0.5) is 0 Å². The molecule has 4 aromatic carbocycles. The molecule has 3 aliphatic rings. The topological polar surface area (TPSA) is 73.2 Å². The Bertz CT molecular complexity index is 1510. The molecule has 5 nitrogen and oxygen atoms in total. The van der Waals surface area contributed by atoms with Gasteiger partial charge in [-0.25, -0.2) is 8.42 Å². The monoisotopic (exact) mass is 491 g/mol. The minimum Gasteiger partial charge on any atom is -0.307 e. The predicted octanol–water partition coefficient (Wildman–Crippen LogP) is 5.02. The summed E-state index contributed by atoms with van der Waals surface area (Å²) in [7, 11) is -3.55. The largest absolute Gasteiger partial charge is 0.307 e. The molecule has 4 aromatic rings. The molecule has 0 saturated carbocycles. The summed E-state index contributed by atoms with van der Waals surface area (Å²) < 4.78 is 28.4. The SMILES string of the molecule is N#Cc1ccc(-c2ccc(C3[C@@H]4CN(S(=O)(=O)c5ccc(-c6ccccc6)cc5)C[C@H]3N4)cc2)cc1. The van der Waals surface area contributed by atoms with E-state index in [2.05, 4.69) is 35.7 Å². The molecule has 6 heteroatoms. The van der Waals surface area contributed by atoms with Crippen LogP contribution in [0.3, 0.4) is 0 Å². The molecule has 3 saturated heterocycles. The molecule has 2 bridgehead atoms. The summed E-state index contributed by atoms with van der Waals surface area (Å²) in [5.74, 6) is 0.298. The van der Waals surface area contributed by atoms with E-state index in [-0.39, 0.29) is 12.1 Å². The molecule has 3 aliphatic heterocycles. The van der Waals surface area contributed by atoms with Crippen molar-refractivity contribution in [3.05, 3.63) is 114 Å². The molecule has 3 heterocycles. The average molecular weight is 492 g/mol. The number of benzene rings is 4. The van der Waals surface area contributed by atoms with Gasteiger partial charge in [-0.3, -0.25) is 0 Å². The second kappa shape index (κ2) is 9.03. The molecule has 0 spiro atoms. The van der Waals surface area contributed by atoms with Gasteiger partial charge >= 0.3 is 0 Å². The van der Waals surface area contributed by atoms with Crippen LogP contribution in [-0.4, -0.2) is 37.9 Å². The van der Waals surface area contributed by atoms with Crippen LogP contribution in [-0.2, 0) is 10.0 Å². The minimum absolute atomic E-state index is 0.0999. The molecule has 3 atom stereocenters. The molecule has 0 radical (unpaired) electrons. The van der Waals surface area contributed by atoms with Crippen molar-refractivity contribution in [1.82, 2.24) is 9.62 Å². The first-order valence-electron chi connectivity index (χ1n) is 12.1. The number of nitrogens with one attached hydrogen (secondary N) is 1. The van der Waals surface area contributed by atoms with E-state index >= 15 is 0 Å². The van der Waals surface area contributed by atoms with Crippen molar-refractivity contribution in [2.24, 2.45) is 0 Å². The maximum atomic E-state index is 13.4. The van der Waals surface area contributed by atoms with Gasteiger partial charge in [-0.1, -0.05) is 78.9 Å². The first kappa shape index (κ1) is 22.7. The summed E-state index contributed by atoms with van der Waals surface area (Å²) in [6.45, 7) is 0.919. The molecular formula is C30H25N3O2S. The second-order valence-electron chi connectivity index (χ2n) is 9.43. The third-order valence-electron chi connectivity index (χ3n) is 7.34. The maximum absolute atomic E-state index is 13.4. The predicted molar refractivity (Wildman–Crippen MR) is 141 cm³/mol.